The van der Waals surface area contributed by atoms with Crippen LogP contribution in [0.25, 0.3) is 0 Å². The van der Waals surface area contributed by atoms with E-state index in [1.165, 1.54) is 12.8 Å². The molecular formula is C14H29Cl2N3O2. The van der Waals surface area contributed by atoms with Crippen molar-refractivity contribution in [2.75, 3.05) is 39.3 Å². The van der Waals surface area contributed by atoms with Gasteiger partial charge in [0.1, 0.15) is 6.04 Å². The van der Waals surface area contributed by atoms with Crippen LogP contribution in [0.2, 0.25) is 0 Å². The second-order valence-electron chi connectivity index (χ2n) is 5.82. The van der Waals surface area contributed by atoms with Crippen LogP contribution in [0.4, 0.5) is 0 Å². The van der Waals surface area contributed by atoms with Crippen LogP contribution in [0.15, 0.2) is 0 Å². The molecule has 0 aromatic rings. The number of carbonyl (C=O) groups is 1. The van der Waals surface area contributed by atoms with Crippen LogP contribution >= 0.6 is 24.8 Å². The van der Waals surface area contributed by atoms with Gasteiger partial charge in [0.25, 0.3) is 0 Å². The maximum absolute atomic E-state index is 12.0. The molecule has 2 heterocycles. The van der Waals surface area contributed by atoms with Gasteiger partial charge in [-0.15, -0.1) is 24.8 Å². The Morgan fingerprint density at radius 1 is 1.29 bits per heavy atom. The minimum absolute atomic E-state index is 0. The monoisotopic (exact) mass is 341 g/mol. The molecular weight excluding hydrogens is 313 g/mol. The van der Waals surface area contributed by atoms with Gasteiger partial charge in [-0.3, -0.25) is 4.79 Å². The number of ether oxygens (including phenoxy) is 1. The van der Waals surface area contributed by atoms with E-state index < -0.39 is 0 Å². The predicted molar refractivity (Wildman–Crippen MR) is 89.5 cm³/mol. The quantitative estimate of drug-likeness (QED) is 0.802. The zero-order chi connectivity index (χ0) is 13.7. The van der Waals surface area contributed by atoms with Crippen molar-refractivity contribution < 1.29 is 9.53 Å². The molecule has 0 spiro atoms. The summed E-state index contributed by atoms with van der Waals surface area (Å²) in [6.45, 7) is 9.73. The summed E-state index contributed by atoms with van der Waals surface area (Å²) >= 11 is 0. The van der Waals surface area contributed by atoms with Crippen LogP contribution in [-0.2, 0) is 9.53 Å². The summed E-state index contributed by atoms with van der Waals surface area (Å²) in [7, 11) is 0. The van der Waals surface area contributed by atoms with Crippen LogP contribution in [-0.4, -0.2) is 62.3 Å². The normalized spacial score (nSPS) is 27.3. The van der Waals surface area contributed by atoms with E-state index in [0.717, 1.165) is 38.6 Å². The summed E-state index contributed by atoms with van der Waals surface area (Å²) in [6.07, 6.45) is 2.52. The van der Waals surface area contributed by atoms with Crippen molar-refractivity contribution in [3.8, 4) is 0 Å². The number of piperidine rings is 1. The molecule has 0 aromatic heterocycles. The molecule has 5 nitrogen and oxygen atoms in total. The highest BCUT2D eigenvalue weighted by Gasteiger charge is 2.28. The minimum atomic E-state index is -0.199. The molecule has 2 atom stereocenters. The molecule has 0 saturated carbocycles. The summed E-state index contributed by atoms with van der Waals surface area (Å²) in [5.41, 5.74) is 0. The Bertz CT molecular complexity index is 300. The zero-order valence-electron chi connectivity index (χ0n) is 13.0. The SMILES string of the molecule is CC1CCN(CCNC(=O)[C@H]2NCCO[C@@H]2C)CC1.Cl.Cl. The number of likely N-dealkylation sites (tertiary alicyclic amines) is 1. The third-order valence-corrected chi connectivity index (χ3v) is 4.20. The average Bonchev–Trinajstić information content (AvgIpc) is 2.41. The summed E-state index contributed by atoms with van der Waals surface area (Å²) < 4.78 is 5.49. The molecule has 0 aromatic carbocycles. The third-order valence-electron chi connectivity index (χ3n) is 4.20. The lowest BCUT2D eigenvalue weighted by Gasteiger charge is -2.31. The van der Waals surface area contributed by atoms with Gasteiger partial charge in [0.15, 0.2) is 0 Å². The molecule has 2 N–H and O–H groups in total. The van der Waals surface area contributed by atoms with Gasteiger partial charge in [-0.1, -0.05) is 6.92 Å². The van der Waals surface area contributed by atoms with Crippen LogP contribution < -0.4 is 10.6 Å². The molecule has 2 aliphatic rings. The van der Waals surface area contributed by atoms with E-state index in [2.05, 4.69) is 22.5 Å². The Hall–Kier alpha value is -0.0700. The summed E-state index contributed by atoms with van der Waals surface area (Å²) in [4.78, 5) is 14.5. The number of morpholine rings is 1. The topological polar surface area (TPSA) is 53.6 Å². The fourth-order valence-electron chi connectivity index (χ4n) is 2.76. The van der Waals surface area contributed by atoms with Gasteiger partial charge in [0.2, 0.25) is 5.91 Å². The highest BCUT2D eigenvalue weighted by Crippen LogP contribution is 2.15. The average molecular weight is 342 g/mol. The molecule has 2 fully saturated rings. The van der Waals surface area contributed by atoms with Crippen molar-refractivity contribution in [3.05, 3.63) is 0 Å². The Morgan fingerprint density at radius 2 is 1.95 bits per heavy atom. The lowest BCUT2D eigenvalue weighted by atomic mass is 9.99. The van der Waals surface area contributed by atoms with E-state index in [-0.39, 0.29) is 42.9 Å². The second kappa shape index (κ2) is 10.6. The fourth-order valence-corrected chi connectivity index (χ4v) is 2.76. The number of hydrogen-bond acceptors (Lipinski definition) is 4. The Morgan fingerprint density at radius 3 is 2.57 bits per heavy atom. The molecule has 0 unspecified atom stereocenters. The summed E-state index contributed by atoms with van der Waals surface area (Å²) in [5.74, 6) is 0.924. The minimum Gasteiger partial charge on any atom is -0.375 e. The van der Waals surface area contributed by atoms with E-state index in [0.29, 0.717) is 6.61 Å². The first kappa shape index (κ1) is 20.9. The van der Waals surface area contributed by atoms with E-state index in [1.807, 2.05) is 6.92 Å². The number of amides is 1. The molecule has 2 saturated heterocycles. The fraction of sp³-hybridized carbons (Fsp3) is 0.929. The van der Waals surface area contributed by atoms with Crippen LogP contribution in [0.1, 0.15) is 26.7 Å². The molecule has 1 amide bonds. The van der Waals surface area contributed by atoms with Gasteiger partial charge in [-0.25, -0.2) is 0 Å². The number of hydrogen-bond donors (Lipinski definition) is 2. The Kier molecular flexibility index (Phi) is 10.6. The van der Waals surface area contributed by atoms with Crippen LogP contribution in [0.5, 0.6) is 0 Å². The standard InChI is InChI=1S/C14H27N3O2.2ClH/c1-11-3-7-17(8-4-11)9-5-16-14(18)13-12(2)19-10-6-15-13;;/h11-13,15H,3-10H2,1-2H3,(H,16,18);2*1H/t12-,13+;;/m1../s1. The summed E-state index contributed by atoms with van der Waals surface area (Å²) in [5, 5.41) is 6.23. The van der Waals surface area contributed by atoms with Crippen molar-refractivity contribution in [3.63, 3.8) is 0 Å². The van der Waals surface area contributed by atoms with Gasteiger partial charge in [0.05, 0.1) is 12.7 Å². The van der Waals surface area contributed by atoms with E-state index in [1.54, 1.807) is 0 Å². The number of rotatable bonds is 4. The number of halogens is 2. The van der Waals surface area contributed by atoms with Gasteiger partial charge in [-0.05, 0) is 38.8 Å². The lowest BCUT2D eigenvalue weighted by molar-refractivity contribution is -0.129. The highest BCUT2D eigenvalue weighted by atomic mass is 35.5. The van der Waals surface area contributed by atoms with Crippen LogP contribution in [0, 0.1) is 5.92 Å². The summed E-state index contributed by atoms with van der Waals surface area (Å²) in [6, 6.07) is -0.199. The largest absolute Gasteiger partial charge is 0.375 e. The van der Waals surface area contributed by atoms with Gasteiger partial charge in [0, 0.05) is 19.6 Å². The van der Waals surface area contributed by atoms with Crippen molar-refractivity contribution in [2.24, 2.45) is 5.92 Å². The number of nitrogens with one attached hydrogen (secondary N) is 2. The van der Waals surface area contributed by atoms with Crippen molar-refractivity contribution >= 4 is 30.7 Å². The van der Waals surface area contributed by atoms with Gasteiger partial charge < -0.3 is 20.3 Å². The first-order valence-electron chi connectivity index (χ1n) is 7.52. The van der Waals surface area contributed by atoms with Gasteiger partial charge >= 0.3 is 0 Å². The third kappa shape index (κ3) is 6.70. The molecule has 7 heteroatoms. The molecule has 0 bridgehead atoms. The number of nitrogens with zero attached hydrogens (tertiary/aromatic N) is 1. The number of carbonyl (C=O) groups excluding carboxylic acids is 1. The molecule has 2 aliphatic heterocycles. The van der Waals surface area contributed by atoms with Crippen molar-refractivity contribution in [1.82, 2.24) is 15.5 Å². The first-order valence-corrected chi connectivity index (χ1v) is 7.52. The van der Waals surface area contributed by atoms with Crippen LogP contribution in [0.3, 0.4) is 0 Å². The predicted octanol–water partition coefficient (Wildman–Crippen LogP) is 1.05. The van der Waals surface area contributed by atoms with E-state index in [4.69, 9.17) is 4.74 Å². The highest BCUT2D eigenvalue weighted by molar-refractivity contribution is 5.85. The first-order chi connectivity index (χ1) is 9.16. The zero-order valence-corrected chi connectivity index (χ0v) is 14.6. The molecule has 2 rings (SSSR count). The van der Waals surface area contributed by atoms with Crippen molar-refractivity contribution in [1.29, 1.82) is 0 Å². The maximum atomic E-state index is 12.0. The van der Waals surface area contributed by atoms with E-state index >= 15 is 0 Å². The van der Waals surface area contributed by atoms with Gasteiger partial charge in [-0.2, -0.15) is 0 Å². The smallest absolute Gasteiger partial charge is 0.239 e. The molecule has 21 heavy (non-hydrogen) atoms. The Balaban J connectivity index is 0.00000200. The van der Waals surface area contributed by atoms with Crippen molar-refractivity contribution in [2.45, 2.75) is 38.8 Å². The maximum Gasteiger partial charge on any atom is 0.239 e. The van der Waals surface area contributed by atoms with E-state index in [9.17, 15) is 4.79 Å². The second-order valence-corrected chi connectivity index (χ2v) is 5.82. The molecule has 126 valence electrons. The lowest BCUT2D eigenvalue weighted by Crippen LogP contribution is -2.56. The molecule has 0 aliphatic carbocycles. The molecule has 0 radical (unpaired) electrons. The Labute approximate surface area is 140 Å².